The highest BCUT2D eigenvalue weighted by atomic mass is 19.4. The fourth-order valence-corrected chi connectivity index (χ4v) is 6.18. The van der Waals surface area contributed by atoms with Gasteiger partial charge in [-0.05, 0) is 66.4 Å². The molecule has 4 heterocycles. The highest BCUT2D eigenvalue weighted by Gasteiger charge is 2.34. The van der Waals surface area contributed by atoms with Gasteiger partial charge in [0, 0.05) is 24.2 Å². The number of hydrogen-bond donors (Lipinski definition) is 3. The lowest BCUT2D eigenvalue weighted by Gasteiger charge is -2.15. The van der Waals surface area contributed by atoms with Crippen LogP contribution in [0.1, 0.15) is 33.3 Å². The summed E-state index contributed by atoms with van der Waals surface area (Å²) in [6.45, 7) is 9.99. The third kappa shape index (κ3) is 7.17. The molecule has 0 fully saturated rings. The second-order valence-electron chi connectivity index (χ2n) is 13.6. The van der Waals surface area contributed by atoms with Crippen molar-refractivity contribution in [2.45, 2.75) is 33.9 Å². The number of rotatable bonds is 8. The molecule has 0 radical (unpaired) electrons. The molecule has 0 aliphatic carbocycles. The molecule has 3 N–H and O–H groups in total. The lowest BCUT2D eigenvalue weighted by Crippen LogP contribution is -2.11. The van der Waals surface area contributed by atoms with Crippen molar-refractivity contribution < 1.29 is 18.3 Å². The van der Waals surface area contributed by atoms with E-state index in [-0.39, 0.29) is 11.3 Å². The first-order valence-corrected chi connectivity index (χ1v) is 17.5. The van der Waals surface area contributed by atoms with Crippen LogP contribution in [0.4, 0.5) is 24.8 Å². The lowest BCUT2D eigenvalue weighted by atomic mass is 10.0. The Hall–Kier alpha value is -6.17. The molecule has 0 aliphatic heterocycles. The molecule has 4 aromatic heterocycles. The summed E-state index contributed by atoms with van der Waals surface area (Å²) in [4.78, 5) is 18.4. The topological polar surface area (TPSA) is 105 Å². The van der Waals surface area contributed by atoms with Crippen LogP contribution in [0.25, 0.3) is 55.9 Å². The van der Waals surface area contributed by atoms with E-state index in [1.165, 1.54) is 18.3 Å². The molecule has 0 amide bonds. The number of para-hydroxylation sites is 4. The highest BCUT2D eigenvalue weighted by molar-refractivity contribution is 5.87. The minimum absolute atomic E-state index is 0.0914. The number of phenolic OH excluding ortho intramolecular Hbond substituents is 1. The van der Waals surface area contributed by atoms with Crippen LogP contribution in [0, 0.1) is 11.8 Å². The Bertz CT molecular complexity index is 2540. The predicted molar refractivity (Wildman–Crippen MR) is 205 cm³/mol. The van der Waals surface area contributed by atoms with E-state index in [1.807, 2.05) is 66.9 Å². The van der Waals surface area contributed by atoms with Crippen LogP contribution < -0.4 is 10.6 Å². The normalized spacial score (nSPS) is 11.9. The van der Waals surface area contributed by atoms with E-state index in [0.717, 1.165) is 46.4 Å². The number of nitrogens with one attached hydrogen (secondary N) is 2. The van der Waals surface area contributed by atoms with Gasteiger partial charge in [-0.15, -0.1) is 0 Å². The first-order chi connectivity index (χ1) is 25.5. The van der Waals surface area contributed by atoms with E-state index in [0.29, 0.717) is 46.6 Å². The quantitative estimate of drug-likeness (QED) is 0.144. The number of alkyl halides is 3. The molecule has 53 heavy (non-hydrogen) atoms. The maximum absolute atomic E-state index is 13.6. The molecule has 0 bridgehead atoms. The van der Waals surface area contributed by atoms with Crippen molar-refractivity contribution >= 4 is 45.0 Å². The average Bonchev–Trinajstić information content (AvgIpc) is 3.80. The molecular weight excluding hydrogens is 678 g/mol. The Morgan fingerprint density at radius 3 is 1.62 bits per heavy atom. The third-order valence-electron chi connectivity index (χ3n) is 8.68. The van der Waals surface area contributed by atoms with Crippen LogP contribution >= 0.6 is 0 Å². The number of aromatic hydroxyl groups is 1. The number of fused-ring (bicyclic) bond motifs is 6. The summed E-state index contributed by atoms with van der Waals surface area (Å²) in [5.74, 6) is 2.50. The van der Waals surface area contributed by atoms with Crippen LogP contribution in [-0.4, -0.2) is 46.9 Å². The number of anilines is 2. The number of phenols is 1. The Labute approximate surface area is 304 Å². The molecule has 9 nitrogen and oxygen atoms in total. The largest absolute Gasteiger partial charge is 0.508 e. The van der Waals surface area contributed by atoms with Crippen LogP contribution in [0.15, 0.2) is 109 Å². The maximum atomic E-state index is 13.6. The van der Waals surface area contributed by atoms with E-state index >= 15 is 0 Å². The van der Waals surface area contributed by atoms with Gasteiger partial charge in [0.05, 0.1) is 51.4 Å². The molecule has 0 saturated heterocycles. The first kappa shape index (κ1) is 35.2. The van der Waals surface area contributed by atoms with Gasteiger partial charge in [0.25, 0.3) is 0 Å². The highest BCUT2D eigenvalue weighted by Crippen LogP contribution is 2.38. The van der Waals surface area contributed by atoms with Crippen molar-refractivity contribution in [2.75, 3.05) is 23.7 Å². The predicted octanol–water partition coefficient (Wildman–Crippen LogP) is 9.96. The molecule has 270 valence electrons. The van der Waals surface area contributed by atoms with Crippen LogP contribution in [0.5, 0.6) is 5.75 Å². The summed E-state index contributed by atoms with van der Waals surface area (Å²) in [5, 5.41) is 16.3. The van der Waals surface area contributed by atoms with Crippen molar-refractivity contribution in [3.63, 3.8) is 0 Å². The van der Waals surface area contributed by atoms with E-state index < -0.39 is 11.7 Å². The van der Waals surface area contributed by atoms with E-state index in [1.54, 1.807) is 22.6 Å². The van der Waals surface area contributed by atoms with Crippen molar-refractivity contribution in [3.8, 4) is 28.3 Å². The van der Waals surface area contributed by atoms with E-state index in [9.17, 15) is 18.3 Å². The van der Waals surface area contributed by atoms with Crippen molar-refractivity contribution in [3.05, 3.63) is 115 Å². The zero-order valence-electron chi connectivity index (χ0n) is 29.7. The summed E-state index contributed by atoms with van der Waals surface area (Å²) in [6, 6.07) is 28.2. The fourth-order valence-electron chi connectivity index (χ4n) is 6.18. The second-order valence-corrected chi connectivity index (χ2v) is 13.6. The third-order valence-corrected chi connectivity index (χ3v) is 8.68. The van der Waals surface area contributed by atoms with Gasteiger partial charge in [0.1, 0.15) is 5.75 Å². The second kappa shape index (κ2) is 14.5. The lowest BCUT2D eigenvalue weighted by molar-refractivity contribution is -0.137. The number of nitrogens with zero attached hydrogens (tertiary/aromatic N) is 6. The Kier molecular flexibility index (Phi) is 9.61. The van der Waals surface area contributed by atoms with Gasteiger partial charge >= 0.3 is 6.18 Å². The molecule has 8 aromatic rings. The van der Waals surface area contributed by atoms with E-state index in [2.05, 4.69) is 57.7 Å². The van der Waals surface area contributed by atoms with Crippen LogP contribution in [0.2, 0.25) is 0 Å². The molecule has 8 rings (SSSR count). The first-order valence-electron chi connectivity index (χ1n) is 17.5. The van der Waals surface area contributed by atoms with Crippen LogP contribution in [0.3, 0.4) is 0 Å². The minimum Gasteiger partial charge on any atom is -0.508 e. The zero-order chi connectivity index (χ0) is 37.3. The minimum atomic E-state index is -4.46. The SMILES string of the molecule is CC(C)CNc1nc2ccccc2n2c(-c3ccc(O)cc3)cnc12.CC(C)CNc1nc2ccccc2n2c(-c3ccccc3C(F)(F)F)cnc12. The molecule has 0 saturated carbocycles. The summed E-state index contributed by atoms with van der Waals surface area (Å²) in [5.41, 5.74) is 6.39. The van der Waals surface area contributed by atoms with Gasteiger partial charge in [-0.1, -0.05) is 70.2 Å². The molecule has 0 atom stereocenters. The smallest absolute Gasteiger partial charge is 0.417 e. The summed E-state index contributed by atoms with van der Waals surface area (Å²) in [7, 11) is 0. The summed E-state index contributed by atoms with van der Waals surface area (Å²) >= 11 is 0. The standard InChI is InChI=1S/C21H19F3N4.C20H20N4O/c1-13(2)11-25-19-20-26-12-18(14-7-3-4-8-15(14)21(22,23)24)28(20)17-10-6-5-9-16(17)27-19;1-13(2)11-21-19-20-22-12-18(14-7-9-15(25)10-8-14)24(20)17-6-4-3-5-16(17)23-19/h3-10,12-13H,11H2,1-2H3,(H,25,27);3-10,12-13,25H,11H2,1-2H3,(H,21,23). The number of halogens is 3. The summed E-state index contributed by atoms with van der Waals surface area (Å²) in [6.07, 6.45) is -1.12. The molecular formula is C41H39F3N8O. The molecule has 0 spiro atoms. The number of hydrogen-bond acceptors (Lipinski definition) is 7. The van der Waals surface area contributed by atoms with Crippen LogP contribution in [-0.2, 0) is 6.18 Å². The monoisotopic (exact) mass is 716 g/mol. The Morgan fingerprint density at radius 2 is 1.09 bits per heavy atom. The molecule has 0 unspecified atom stereocenters. The number of imidazole rings is 2. The van der Waals surface area contributed by atoms with Gasteiger partial charge in [-0.25, -0.2) is 19.9 Å². The molecule has 12 heteroatoms. The Morgan fingerprint density at radius 1 is 0.623 bits per heavy atom. The van der Waals surface area contributed by atoms with Gasteiger partial charge in [-0.3, -0.25) is 8.80 Å². The van der Waals surface area contributed by atoms with Crippen molar-refractivity contribution in [1.29, 1.82) is 0 Å². The molecule has 0 aliphatic rings. The van der Waals surface area contributed by atoms with Crippen molar-refractivity contribution in [1.82, 2.24) is 28.7 Å². The van der Waals surface area contributed by atoms with E-state index in [4.69, 9.17) is 4.98 Å². The Balaban J connectivity index is 0.000000165. The van der Waals surface area contributed by atoms with Gasteiger partial charge < -0.3 is 15.7 Å². The zero-order valence-corrected chi connectivity index (χ0v) is 29.7. The van der Waals surface area contributed by atoms with Crippen molar-refractivity contribution in [2.24, 2.45) is 11.8 Å². The van der Waals surface area contributed by atoms with Gasteiger partial charge in [-0.2, -0.15) is 13.2 Å². The number of aromatic nitrogens is 6. The number of benzene rings is 4. The maximum Gasteiger partial charge on any atom is 0.417 e. The summed E-state index contributed by atoms with van der Waals surface area (Å²) < 4.78 is 44.6. The van der Waals surface area contributed by atoms with Gasteiger partial charge in [0.15, 0.2) is 22.9 Å². The van der Waals surface area contributed by atoms with Gasteiger partial charge in [0.2, 0.25) is 0 Å². The molecule has 4 aromatic carbocycles. The average molecular weight is 717 g/mol. The fraction of sp³-hybridized carbons (Fsp3) is 0.220.